The summed E-state index contributed by atoms with van der Waals surface area (Å²) in [5.41, 5.74) is 2.85. The first-order valence-electron chi connectivity index (χ1n) is 7.77. The van der Waals surface area contributed by atoms with Crippen LogP contribution in [0.3, 0.4) is 0 Å². The van der Waals surface area contributed by atoms with Gasteiger partial charge in [0.1, 0.15) is 11.8 Å². The summed E-state index contributed by atoms with van der Waals surface area (Å²) < 4.78 is 8.02. The highest BCUT2D eigenvalue weighted by Crippen LogP contribution is 2.39. The Kier molecular flexibility index (Phi) is 3.23. The van der Waals surface area contributed by atoms with E-state index in [1.807, 2.05) is 25.1 Å². The predicted octanol–water partition coefficient (Wildman–Crippen LogP) is 4.13. The second kappa shape index (κ2) is 5.40. The highest BCUT2D eigenvalue weighted by molar-refractivity contribution is 5.89. The number of hydrogen-bond donors (Lipinski definition) is 0. The van der Waals surface area contributed by atoms with Gasteiger partial charge in [-0.3, -0.25) is 0 Å². The van der Waals surface area contributed by atoms with Crippen molar-refractivity contribution in [3.05, 3.63) is 47.9 Å². The van der Waals surface area contributed by atoms with Gasteiger partial charge in [0.2, 0.25) is 0 Å². The standard InChI is InChI=1S/C18H16N4O/c1-12-16(11-19)15-7-6-14(23-18-20-8-3-9-21-18)10-17(15)22(12)13-4-2-5-13/h3,6-10,13H,2,4-5H2,1H3. The van der Waals surface area contributed by atoms with Gasteiger partial charge in [0, 0.05) is 35.6 Å². The van der Waals surface area contributed by atoms with Crippen LogP contribution in [0.25, 0.3) is 10.9 Å². The normalized spacial score (nSPS) is 14.4. The Hall–Kier alpha value is -2.87. The van der Waals surface area contributed by atoms with Gasteiger partial charge in [-0.2, -0.15) is 5.26 Å². The zero-order valence-electron chi connectivity index (χ0n) is 12.9. The van der Waals surface area contributed by atoms with Crippen LogP contribution in [0.2, 0.25) is 0 Å². The Balaban J connectivity index is 1.82. The van der Waals surface area contributed by atoms with Gasteiger partial charge in [-0.15, -0.1) is 0 Å². The fourth-order valence-electron chi connectivity index (χ4n) is 3.18. The van der Waals surface area contributed by atoms with E-state index in [9.17, 15) is 5.26 Å². The molecule has 114 valence electrons. The van der Waals surface area contributed by atoms with Gasteiger partial charge in [-0.1, -0.05) is 0 Å². The monoisotopic (exact) mass is 304 g/mol. The van der Waals surface area contributed by atoms with Crippen molar-refractivity contribution < 1.29 is 4.74 Å². The highest BCUT2D eigenvalue weighted by Gasteiger charge is 2.25. The van der Waals surface area contributed by atoms with E-state index in [0.29, 0.717) is 17.8 Å². The highest BCUT2D eigenvalue weighted by atomic mass is 16.5. The molecule has 1 aliphatic rings. The molecule has 5 nitrogen and oxygen atoms in total. The molecule has 0 spiro atoms. The lowest BCUT2D eigenvalue weighted by molar-refractivity contribution is 0.317. The minimum absolute atomic E-state index is 0.325. The lowest BCUT2D eigenvalue weighted by atomic mass is 9.92. The first kappa shape index (κ1) is 13.8. The number of fused-ring (bicyclic) bond motifs is 1. The molecule has 1 saturated carbocycles. The Morgan fingerprint density at radius 1 is 1.26 bits per heavy atom. The fraction of sp³-hybridized carbons (Fsp3) is 0.278. The Morgan fingerprint density at radius 3 is 2.70 bits per heavy atom. The van der Waals surface area contributed by atoms with E-state index in [-0.39, 0.29) is 0 Å². The van der Waals surface area contributed by atoms with Gasteiger partial charge < -0.3 is 9.30 Å². The second-order valence-corrected chi connectivity index (χ2v) is 5.84. The minimum atomic E-state index is 0.325. The number of nitrogens with zero attached hydrogens (tertiary/aromatic N) is 4. The average Bonchev–Trinajstić information content (AvgIpc) is 2.79. The Labute approximate surface area is 134 Å². The first-order valence-corrected chi connectivity index (χ1v) is 7.77. The largest absolute Gasteiger partial charge is 0.424 e. The molecule has 5 heteroatoms. The molecule has 0 unspecified atom stereocenters. The SMILES string of the molecule is Cc1c(C#N)c2ccc(Oc3ncccn3)cc2n1C1CCC1. The van der Waals surface area contributed by atoms with Crippen LogP contribution in [0, 0.1) is 18.3 Å². The molecule has 0 N–H and O–H groups in total. The van der Waals surface area contributed by atoms with Crippen molar-refractivity contribution in [1.82, 2.24) is 14.5 Å². The van der Waals surface area contributed by atoms with Crippen molar-refractivity contribution in [2.24, 2.45) is 0 Å². The van der Waals surface area contributed by atoms with Crippen molar-refractivity contribution in [3.8, 4) is 17.8 Å². The molecule has 3 aromatic rings. The maximum atomic E-state index is 9.49. The van der Waals surface area contributed by atoms with Crippen LogP contribution >= 0.6 is 0 Å². The first-order chi connectivity index (χ1) is 11.3. The maximum absolute atomic E-state index is 9.49. The molecular formula is C18H16N4O. The van der Waals surface area contributed by atoms with Crippen molar-refractivity contribution in [2.75, 3.05) is 0 Å². The molecule has 2 heterocycles. The smallest absolute Gasteiger partial charge is 0.321 e. The van der Waals surface area contributed by atoms with Crippen LogP contribution in [0.4, 0.5) is 0 Å². The third kappa shape index (κ3) is 2.23. The topological polar surface area (TPSA) is 63.7 Å². The van der Waals surface area contributed by atoms with E-state index < -0.39 is 0 Å². The molecule has 0 aliphatic heterocycles. The zero-order valence-corrected chi connectivity index (χ0v) is 12.9. The molecule has 1 aromatic carbocycles. The van der Waals surface area contributed by atoms with E-state index in [2.05, 4.69) is 20.6 Å². The molecule has 0 saturated heterocycles. The summed E-state index contributed by atoms with van der Waals surface area (Å²) in [4.78, 5) is 8.17. The molecule has 1 fully saturated rings. The van der Waals surface area contributed by atoms with Gasteiger partial charge in [0.05, 0.1) is 11.1 Å². The van der Waals surface area contributed by atoms with Crippen LogP contribution in [0.1, 0.15) is 36.6 Å². The van der Waals surface area contributed by atoms with Crippen molar-refractivity contribution in [1.29, 1.82) is 5.26 Å². The van der Waals surface area contributed by atoms with Crippen LogP contribution in [-0.2, 0) is 0 Å². The molecule has 0 radical (unpaired) electrons. The van der Waals surface area contributed by atoms with Crippen LogP contribution in [-0.4, -0.2) is 14.5 Å². The number of ether oxygens (including phenoxy) is 1. The molecule has 23 heavy (non-hydrogen) atoms. The minimum Gasteiger partial charge on any atom is -0.424 e. The lowest BCUT2D eigenvalue weighted by Gasteiger charge is -2.29. The van der Waals surface area contributed by atoms with Crippen molar-refractivity contribution in [2.45, 2.75) is 32.2 Å². The predicted molar refractivity (Wildman–Crippen MR) is 86.4 cm³/mol. The third-order valence-corrected chi connectivity index (χ3v) is 4.52. The molecule has 1 aliphatic carbocycles. The fourth-order valence-corrected chi connectivity index (χ4v) is 3.18. The van der Waals surface area contributed by atoms with E-state index in [1.165, 1.54) is 19.3 Å². The number of rotatable bonds is 3. The van der Waals surface area contributed by atoms with E-state index >= 15 is 0 Å². The second-order valence-electron chi connectivity index (χ2n) is 5.84. The van der Waals surface area contributed by atoms with Crippen molar-refractivity contribution in [3.63, 3.8) is 0 Å². The van der Waals surface area contributed by atoms with Gasteiger partial charge in [0.15, 0.2) is 0 Å². The molecule has 2 aromatic heterocycles. The summed E-state index contributed by atoms with van der Waals surface area (Å²) >= 11 is 0. The lowest BCUT2D eigenvalue weighted by Crippen LogP contribution is -2.17. The summed E-state index contributed by atoms with van der Waals surface area (Å²) in [5, 5.41) is 10.5. The molecule has 4 rings (SSSR count). The molecule has 0 amide bonds. The Bertz CT molecular complexity index is 904. The summed E-state index contributed by atoms with van der Waals surface area (Å²) in [5.74, 6) is 0.686. The molecule has 0 bridgehead atoms. The summed E-state index contributed by atoms with van der Waals surface area (Å²) in [6.45, 7) is 2.03. The quantitative estimate of drug-likeness (QED) is 0.730. The van der Waals surface area contributed by atoms with Crippen LogP contribution in [0.15, 0.2) is 36.7 Å². The van der Waals surface area contributed by atoms with E-state index in [0.717, 1.165) is 22.2 Å². The van der Waals surface area contributed by atoms with Gasteiger partial charge in [-0.25, -0.2) is 9.97 Å². The van der Waals surface area contributed by atoms with Crippen LogP contribution < -0.4 is 4.74 Å². The maximum Gasteiger partial charge on any atom is 0.321 e. The van der Waals surface area contributed by atoms with Gasteiger partial charge >= 0.3 is 6.01 Å². The number of aromatic nitrogens is 3. The van der Waals surface area contributed by atoms with E-state index in [4.69, 9.17) is 4.74 Å². The van der Waals surface area contributed by atoms with E-state index in [1.54, 1.807) is 18.5 Å². The average molecular weight is 304 g/mol. The Morgan fingerprint density at radius 2 is 2.04 bits per heavy atom. The van der Waals surface area contributed by atoms with Crippen LogP contribution in [0.5, 0.6) is 11.8 Å². The third-order valence-electron chi connectivity index (χ3n) is 4.52. The summed E-state index contributed by atoms with van der Waals surface area (Å²) in [6, 6.07) is 10.7. The summed E-state index contributed by atoms with van der Waals surface area (Å²) in [6.07, 6.45) is 6.89. The van der Waals surface area contributed by atoms with Gasteiger partial charge in [0.25, 0.3) is 0 Å². The summed E-state index contributed by atoms with van der Waals surface area (Å²) in [7, 11) is 0. The zero-order chi connectivity index (χ0) is 15.8. The molecule has 0 atom stereocenters. The van der Waals surface area contributed by atoms with Gasteiger partial charge in [-0.05, 0) is 44.4 Å². The number of hydrogen-bond acceptors (Lipinski definition) is 4. The number of nitriles is 1. The number of benzene rings is 1. The van der Waals surface area contributed by atoms with Crippen molar-refractivity contribution >= 4 is 10.9 Å². The molecular weight excluding hydrogens is 288 g/mol.